The van der Waals surface area contributed by atoms with E-state index in [9.17, 15) is 39.6 Å². The van der Waals surface area contributed by atoms with Crippen molar-refractivity contribution >= 4 is 38.0 Å². The molecule has 0 aliphatic heterocycles. The van der Waals surface area contributed by atoms with Crippen molar-refractivity contribution in [3.05, 3.63) is 53.0 Å². The highest BCUT2D eigenvalue weighted by Gasteiger charge is 2.37. The van der Waals surface area contributed by atoms with Gasteiger partial charge in [-0.15, -0.1) is 0 Å². The van der Waals surface area contributed by atoms with Gasteiger partial charge in [0.1, 0.15) is 11.3 Å². The lowest BCUT2D eigenvalue weighted by Gasteiger charge is -2.15. The summed E-state index contributed by atoms with van der Waals surface area (Å²) in [7, 11) is -4.15. The van der Waals surface area contributed by atoms with Crippen molar-refractivity contribution in [2.45, 2.75) is 30.4 Å². The second kappa shape index (κ2) is 9.76. The number of sulfonamides is 1. The van der Waals surface area contributed by atoms with Gasteiger partial charge in [0.2, 0.25) is 10.0 Å². The van der Waals surface area contributed by atoms with Gasteiger partial charge in [0.05, 0.1) is 29.8 Å². The number of nitrogens with zero attached hydrogens (tertiary/aromatic N) is 4. The summed E-state index contributed by atoms with van der Waals surface area (Å²) >= 11 is 0.525. The zero-order valence-corrected chi connectivity index (χ0v) is 21.3. The Kier molecular flexibility index (Phi) is 7.07. The summed E-state index contributed by atoms with van der Waals surface area (Å²) in [6.07, 6.45) is -8.98. The van der Waals surface area contributed by atoms with Gasteiger partial charge in [-0.25, -0.2) is 28.0 Å². The van der Waals surface area contributed by atoms with Gasteiger partial charge in [0.15, 0.2) is 20.7 Å². The summed E-state index contributed by atoms with van der Waals surface area (Å²) in [4.78, 5) is 20.9. The Bertz CT molecular complexity index is 1700. The Hall–Kier alpha value is -3.77. The number of benzene rings is 1. The number of halogens is 6. The molecule has 0 unspecified atom stereocenters. The number of carbonyl (C=O) groups excluding carboxylic acids is 1. The maximum atomic E-state index is 13.9. The monoisotopic (exact) mass is 594 g/mol. The predicted octanol–water partition coefficient (Wildman–Crippen LogP) is 4.50. The largest absolute Gasteiger partial charge is 0.493 e. The minimum atomic E-state index is -5.00. The quantitative estimate of drug-likeness (QED) is 0.313. The van der Waals surface area contributed by atoms with Crippen molar-refractivity contribution in [3.8, 4) is 17.0 Å². The molecule has 3 N–H and O–H groups in total. The number of nitrogens with two attached hydrogens (primary N) is 1. The SMILES string of the molecule is CCOc1cc(-c2cc(C(F)(F)F)n3ncc(C(=O)Nc4nc(C)c(S(N)(=O)=O)s4)c3n2)ccc1C(F)(F)F. The van der Waals surface area contributed by atoms with Gasteiger partial charge in [-0.3, -0.25) is 10.1 Å². The molecule has 0 aliphatic rings. The average molecular weight is 595 g/mol. The minimum Gasteiger partial charge on any atom is -0.493 e. The van der Waals surface area contributed by atoms with E-state index in [0.717, 1.165) is 18.3 Å². The molecule has 39 heavy (non-hydrogen) atoms. The van der Waals surface area contributed by atoms with E-state index in [4.69, 9.17) is 9.88 Å². The van der Waals surface area contributed by atoms with E-state index in [2.05, 4.69) is 20.4 Å². The van der Waals surface area contributed by atoms with Crippen molar-refractivity contribution in [2.75, 3.05) is 11.9 Å². The smallest absolute Gasteiger partial charge is 0.433 e. The third-order valence-electron chi connectivity index (χ3n) is 5.12. The molecule has 1 amide bonds. The summed E-state index contributed by atoms with van der Waals surface area (Å²) in [6.45, 7) is 2.61. The highest BCUT2D eigenvalue weighted by Crippen LogP contribution is 2.39. The van der Waals surface area contributed by atoms with Crippen LogP contribution in [0.15, 0.2) is 34.7 Å². The van der Waals surface area contributed by atoms with Crippen molar-refractivity contribution in [3.63, 3.8) is 0 Å². The number of thiazole rings is 1. The molecule has 0 bridgehead atoms. The zero-order chi connectivity index (χ0) is 28.9. The first-order chi connectivity index (χ1) is 18.0. The average Bonchev–Trinajstić information content (AvgIpc) is 3.40. The molecule has 0 aliphatic carbocycles. The number of ether oxygens (including phenoxy) is 1. The van der Waals surface area contributed by atoms with Crippen LogP contribution in [0.25, 0.3) is 16.9 Å². The fraction of sp³-hybridized carbons (Fsp3) is 0.238. The van der Waals surface area contributed by atoms with Crippen LogP contribution in [-0.2, 0) is 22.4 Å². The number of hydrogen-bond donors (Lipinski definition) is 2. The Morgan fingerprint density at radius 2 is 1.82 bits per heavy atom. The van der Waals surface area contributed by atoms with Crippen LogP contribution < -0.4 is 15.2 Å². The maximum absolute atomic E-state index is 13.9. The lowest BCUT2D eigenvalue weighted by Crippen LogP contribution is -2.16. The van der Waals surface area contributed by atoms with Crippen LogP contribution in [0.2, 0.25) is 0 Å². The Morgan fingerprint density at radius 1 is 1.13 bits per heavy atom. The van der Waals surface area contributed by atoms with Crippen molar-refractivity contribution in [1.29, 1.82) is 0 Å². The fourth-order valence-electron chi connectivity index (χ4n) is 3.53. The number of aryl methyl sites for hydroxylation is 1. The number of primary sulfonamides is 1. The molecule has 0 radical (unpaired) electrons. The molecule has 4 rings (SSSR count). The van der Waals surface area contributed by atoms with Gasteiger partial charge in [-0.2, -0.15) is 31.4 Å². The van der Waals surface area contributed by atoms with E-state index in [1.54, 1.807) is 0 Å². The molecule has 0 saturated carbocycles. The highest BCUT2D eigenvalue weighted by atomic mass is 32.2. The van der Waals surface area contributed by atoms with Crippen LogP contribution in [-0.4, -0.2) is 40.5 Å². The highest BCUT2D eigenvalue weighted by molar-refractivity contribution is 7.91. The molecule has 18 heteroatoms. The van der Waals surface area contributed by atoms with Crippen molar-refractivity contribution in [1.82, 2.24) is 19.6 Å². The van der Waals surface area contributed by atoms with Crippen LogP contribution in [0.5, 0.6) is 5.75 Å². The number of anilines is 1. The summed E-state index contributed by atoms with van der Waals surface area (Å²) in [6, 6.07) is 3.04. The third kappa shape index (κ3) is 5.66. The Morgan fingerprint density at radius 3 is 2.38 bits per heavy atom. The Balaban J connectivity index is 1.84. The van der Waals surface area contributed by atoms with Crippen molar-refractivity contribution in [2.24, 2.45) is 5.14 Å². The third-order valence-corrected chi connectivity index (χ3v) is 7.75. The predicted molar refractivity (Wildman–Crippen MR) is 126 cm³/mol. The molecule has 3 aromatic heterocycles. The first kappa shape index (κ1) is 28.2. The van der Waals surface area contributed by atoms with Crippen LogP contribution in [0.4, 0.5) is 31.5 Å². The van der Waals surface area contributed by atoms with Crippen molar-refractivity contribution < 1.29 is 44.3 Å². The van der Waals surface area contributed by atoms with Crippen LogP contribution >= 0.6 is 11.3 Å². The van der Waals surface area contributed by atoms with Gasteiger partial charge in [-0.1, -0.05) is 17.4 Å². The molecular weight excluding hydrogens is 578 g/mol. The number of amides is 1. The van der Waals surface area contributed by atoms with E-state index in [1.165, 1.54) is 13.8 Å². The number of fused-ring (bicyclic) bond motifs is 1. The standard InChI is InChI=1S/C21H16F6N6O4S2/c1-3-37-14-6-10(4-5-12(14)20(22,23)24)13-7-15(21(25,26)27)33-16(31-13)11(8-29-33)17(34)32-19-30-9(2)18(38-19)39(28,35)36/h4-8H,3H2,1-2H3,(H2,28,35,36)(H,30,32,34). The summed E-state index contributed by atoms with van der Waals surface area (Å²) in [5.74, 6) is -1.64. The number of alkyl halides is 6. The topological polar surface area (TPSA) is 142 Å². The van der Waals surface area contributed by atoms with Crippen LogP contribution in [0.3, 0.4) is 0 Å². The van der Waals surface area contributed by atoms with E-state index in [0.29, 0.717) is 28.0 Å². The lowest BCUT2D eigenvalue weighted by atomic mass is 10.1. The minimum absolute atomic E-state index is 0.00941. The normalized spacial score (nSPS) is 12.6. The molecule has 0 saturated heterocycles. The molecular formula is C21H16F6N6O4S2. The van der Waals surface area contributed by atoms with Crippen LogP contribution in [0, 0.1) is 6.92 Å². The molecule has 208 valence electrons. The van der Waals surface area contributed by atoms with Crippen LogP contribution in [0.1, 0.15) is 34.2 Å². The molecule has 0 atom stereocenters. The second-order valence-corrected chi connectivity index (χ2v) is 10.6. The zero-order valence-electron chi connectivity index (χ0n) is 19.7. The molecule has 0 fully saturated rings. The van der Waals surface area contributed by atoms with Gasteiger partial charge in [0.25, 0.3) is 5.91 Å². The number of nitrogens with one attached hydrogen (secondary N) is 1. The van der Waals surface area contributed by atoms with Gasteiger partial charge in [0, 0.05) is 5.56 Å². The van der Waals surface area contributed by atoms with E-state index in [1.807, 2.05) is 0 Å². The molecule has 3 heterocycles. The molecule has 4 aromatic rings. The molecule has 1 aromatic carbocycles. The Labute approximate surface area is 219 Å². The van der Waals surface area contributed by atoms with Gasteiger partial charge in [-0.05, 0) is 32.0 Å². The van der Waals surface area contributed by atoms with E-state index in [-0.39, 0.29) is 27.2 Å². The van der Waals surface area contributed by atoms with Gasteiger partial charge < -0.3 is 4.74 Å². The van der Waals surface area contributed by atoms with E-state index >= 15 is 0 Å². The van der Waals surface area contributed by atoms with E-state index < -0.39 is 62.2 Å². The van der Waals surface area contributed by atoms with Gasteiger partial charge >= 0.3 is 12.4 Å². The number of aromatic nitrogens is 4. The maximum Gasteiger partial charge on any atom is 0.433 e. The number of rotatable bonds is 6. The second-order valence-electron chi connectivity index (χ2n) is 7.85. The molecule has 10 nitrogen and oxygen atoms in total. The summed E-state index contributed by atoms with van der Waals surface area (Å²) in [5.41, 5.74) is -4.10. The summed E-state index contributed by atoms with van der Waals surface area (Å²) in [5, 5.41) is 10.8. The molecule has 0 spiro atoms. The fourth-order valence-corrected chi connectivity index (χ4v) is 5.38. The summed E-state index contributed by atoms with van der Waals surface area (Å²) < 4.78 is 110. The first-order valence-corrected chi connectivity index (χ1v) is 13.0. The first-order valence-electron chi connectivity index (χ1n) is 10.6. The lowest BCUT2D eigenvalue weighted by molar-refractivity contribution is -0.142. The number of hydrogen-bond acceptors (Lipinski definition) is 8. The number of carbonyl (C=O) groups is 1.